The predicted molar refractivity (Wildman–Crippen MR) is 68.3 cm³/mol. The first kappa shape index (κ1) is 11.3. The smallest absolute Gasteiger partial charge is 0.115 e. The van der Waals surface area contributed by atoms with Gasteiger partial charge < -0.3 is 5.32 Å². The Morgan fingerprint density at radius 3 is 2.62 bits per heavy atom. The van der Waals surface area contributed by atoms with Crippen molar-refractivity contribution < 1.29 is 0 Å². The van der Waals surface area contributed by atoms with E-state index in [1.807, 2.05) is 20.0 Å². The van der Waals surface area contributed by atoms with E-state index in [0.29, 0.717) is 10.0 Å². The number of hydrogen-bond acceptors (Lipinski definition) is 2. The van der Waals surface area contributed by atoms with Crippen LogP contribution in [0.4, 0.5) is 5.69 Å². The van der Waals surface area contributed by atoms with Crippen molar-refractivity contribution in [2.45, 2.75) is 6.92 Å². The highest BCUT2D eigenvalue weighted by atomic mass is 35.5. The fourth-order valence-corrected chi connectivity index (χ4v) is 1.89. The van der Waals surface area contributed by atoms with Crippen molar-refractivity contribution in [3.05, 3.63) is 33.9 Å². The van der Waals surface area contributed by atoms with Crippen molar-refractivity contribution >= 4 is 28.9 Å². The lowest BCUT2D eigenvalue weighted by Gasteiger charge is -2.04. The van der Waals surface area contributed by atoms with Gasteiger partial charge in [-0.3, -0.25) is 5.10 Å². The first-order valence-electron chi connectivity index (χ1n) is 4.81. The molecule has 2 aromatic rings. The lowest BCUT2D eigenvalue weighted by atomic mass is 10.1. The summed E-state index contributed by atoms with van der Waals surface area (Å²) in [6.07, 6.45) is 0. The number of benzene rings is 1. The van der Waals surface area contributed by atoms with Gasteiger partial charge in [-0.2, -0.15) is 5.10 Å². The van der Waals surface area contributed by atoms with E-state index in [1.165, 1.54) is 0 Å². The van der Waals surface area contributed by atoms with E-state index in [9.17, 15) is 0 Å². The molecule has 0 aliphatic carbocycles. The van der Waals surface area contributed by atoms with Crippen molar-refractivity contribution in [2.75, 3.05) is 12.4 Å². The van der Waals surface area contributed by atoms with Gasteiger partial charge >= 0.3 is 0 Å². The molecule has 0 saturated carbocycles. The molecule has 84 valence electrons. The fraction of sp³-hybridized carbons (Fsp3) is 0.182. The standard InChI is InChI=1S/C11H11Cl2N3/c1-6-10(14-2)11(16-15-6)7-3-4-8(12)9(13)5-7/h3-5,14H,1-2H3,(H,15,16). The van der Waals surface area contributed by atoms with Gasteiger partial charge in [0.2, 0.25) is 0 Å². The normalized spacial score (nSPS) is 10.5. The largest absolute Gasteiger partial charge is 0.385 e. The van der Waals surface area contributed by atoms with Crippen molar-refractivity contribution in [3.63, 3.8) is 0 Å². The molecule has 0 radical (unpaired) electrons. The molecule has 1 heterocycles. The number of hydrogen-bond donors (Lipinski definition) is 2. The zero-order chi connectivity index (χ0) is 11.7. The summed E-state index contributed by atoms with van der Waals surface area (Å²) in [5.41, 5.74) is 3.74. The Balaban J connectivity index is 2.54. The number of aromatic amines is 1. The Morgan fingerprint density at radius 2 is 2.00 bits per heavy atom. The Labute approximate surface area is 104 Å². The first-order chi connectivity index (χ1) is 7.63. The Bertz CT molecular complexity index is 520. The van der Waals surface area contributed by atoms with Crippen LogP contribution in [-0.2, 0) is 0 Å². The molecule has 0 spiro atoms. The Kier molecular flexibility index (Phi) is 3.08. The van der Waals surface area contributed by atoms with Crippen LogP contribution in [0.15, 0.2) is 18.2 Å². The predicted octanol–water partition coefficient (Wildman–Crippen LogP) is 3.73. The Hall–Kier alpha value is -1.19. The zero-order valence-electron chi connectivity index (χ0n) is 8.94. The van der Waals surface area contributed by atoms with Crippen LogP contribution in [-0.4, -0.2) is 17.2 Å². The van der Waals surface area contributed by atoms with E-state index < -0.39 is 0 Å². The topological polar surface area (TPSA) is 40.7 Å². The van der Waals surface area contributed by atoms with E-state index >= 15 is 0 Å². The monoisotopic (exact) mass is 255 g/mol. The summed E-state index contributed by atoms with van der Waals surface area (Å²) in [6, 6.07) is 5.47. The fourth-order valence-electron chi connectivity index (χ4n) is 1.59. The van der Waals surface area contributed by atoms with E-state index in [4.69, 9.17) is 23.2 Å². The van der Waals surface area contributed by atoms with E-state index in [2.05, 4.69) is 15.5 Å². The summed E-state index contributed by atoms with van der Waals surface area (Å²) < 4.78 is 0. The molecule has 16 heavy (non-hydrogen) atoms. The highest BCUT2D eigenvalue weighted by Crippen LogP contribution is 2.32. The number of H-pyrrole nitrogens is 1. The van der Waals surface area contributed by atoms with Gasteiger partial charge in [-0.25, -0.2) is 0 Å². The number of rotatable bonds is 2. The van der Waals surface area contributed by atoms with Crippen LogP contribution < -0.4 is 5.32 Å². The van der Waals surface area contributed by atoms with Gasteiger partial charge in [0.05, 0.1) is 21.4 Å². The van der Waals surface area contributed by atoms with Gasteiger partial charge in [-0.05, 0) is 19.1 Å². The summed E-state index contributed by atoms with van der Waals surface area (Å²) >= 11 is 11.8. The second-order valence-corrected chi connectivity index (χ2v) is 4.27. The third kappa shape index (κ3) is 1.88. The van der Waals surface area contributed by atoms with Gasteiger partial charge in [0.1, 0.15) is 5.69 Å². The molecular weight excluding hydrogens is 245 g/mol. The maximum absolute atomic E-state index is 5.98. The molecule has 0 aliphatic rings. The molecule has 0 unspecified atom stereocenters. The number of aromatic nitrogens is 2. The molecule has 3 nitrogen and oxygen atoms in total. The maximum Gasteiger partial charge on any atom is 0.115 e. The lowest BCUT2D eigenvalue weighted by molar-refractivity contribution is 1.05. The van der Waals surface area contributed by atoms with Crippen LogP contribution in [0.25, 0.3) is 11.3 Å². The molecule has 0 aliphatic heterocycles. The lowest BCUT2D eigenvalue weighted by Crippen LogP contribution is -1.91. The van der Waals surface area contributed by atoms with Gasteiger partial charge in [0.15, 0.2) is 0 Å². The van der Waals surface area contributed by atoms with Gasteiger partial charge in [-0.15, -0.1) is 0 Å². The molecule has 2 rings (SSSR count). The highest BCUT2D eigenvalue weighted by molar-refractivity contribution is 6.42. The van der Waals surface area contributed by atoms with Crippen molar-refractivity contribution in [2.24, 2.45) is 0 Å². The van der Waals surface area contributed by atoms with Gasteiger partial charge in [0, 0.05) is 12.6 Å². The number of halogens is 2. The van der Waals surface area contributed by atoms with E-state index in [-0.39, 0.29) is 0 Å². The van der Waals surface area contributed by atoms with Gasteiger partial charge in [0.25, 0.3) is 0 Å². The van der Waals surface area contributed by atoms with Crippen LogP contribution in [0.2, 0.25) is 10.0 Å². The molecule has 0 fully saturated rings. The molecule has 2 N–H and O–H groups in total. The van der Waals surface area contributed by atoms with Crippen LogP contribution in [0, 0.1) is 6.92 Å². The third-order valence-corrected chi connectivity index (χ3v) is 3.13. The van der Waals surface area contributed by atoms with E-state index in [1.54, 1.807) is 12.1 Å². The zero-order valence-corrected chi connectivity index (χ0v) is 10.4. The first-order valence-corrected chi connectivity index (χ1v) is 5.57. The van der Waals surface area contributed by atoms with Crippen LogP contribution >= 0.6 is 23.2 Å². The SMILES string of the molecule is CNc1c(-c2ccc(Cl)c(Cl)c2)n[nH]c1C. The molecule has 5 heteroatoms. The highest BCUT2D eigenvalue weighted by Gasteiger charge is 2.11. The molecule has 1 aromatic carbocycles. The maximum atomic E-state index is 5.98. The quantitative estimate of drug-likeness (QED) is 0.859. The Morgan fingerprint density at radius 1 is 1.25 bits per heavy atom. The minimum absolute atomic E-state index is 0.530. The van der Waals surface area contributed by atoms with E-state index in [0.717, 1.165) is 22.6 Å². The summed E-state index contributed by atoms with van der Waals surface area (Å²) in [4.78, 5) is 0. The van der Waals surface area contributed by atoms with Gasteiger partial charge in [-0.1, -0.05) is 29.3 Å². The molecular formula is C11H11Cl2N3. The molecule has 0 saturated heterocycles. The minimum Gasteiger partial charge on any atom is -0.385 e. The molecule has 1 aromatic heterocycles. The van der Waals surface area contributed by atoms with Crippen LogP contribution in [0.5, 0.6) is 0 Å². The number of nitrogens with zero attached hydrogens (tertiary/aromatic N) is 1. The van der Waals surface area contributed by atoms with Crippen molar-refractivity contribution in [1.29, 1.82) is 0 Å². The molecule has 0 bridgehead atoms. The number of nitrogens with one attached hydrogen (secondary N) is 2. The summed E-state index contributed by atoms with van der Waals surface area (Å²) in [7, 11) is 1.86. The third-order valence-electron chi connectivity index (χ3n) is 2.39. The average molecular weight is 256 g/mol. The van der Waals surface area contributed by atoms with Crippen LogP contribution in [0.3, 0.4) is 0 Å². The van der Waals surface area contributed by atoms with Crippen molar-refractivity contribution in [3.8, 4) is 11.3 Å². The summed E-state index contributed by atoms with van der Waals surface area (Å²) in [6.45, 7) is 1.96. The van der Waals surface area contributed by atoms with Crippen LogP contribution in [0.1, 0.15) is 5.69 Å². The minimum atomic E-state index is 0.530. The summed E-state index contributed by atoms with van der Waals surface area (Å²) in [5.74, 6) is 0. The second kappa shape index (κ2) is 4.36. The summed E-state index contributed by atoms with van der Waals surface area (Å²) in [5, 5.41) is 11.4. The van der Waals surface area contributed by atoms with Crippen molar-refractivity contribution in [1.82, 2.24) is 10.2 Å². The molecule has 0 atom stereocenters. The molecule has 0 amide bonds. The number of aryl methyl sites for hydroxylation is 1. The second-order valence-electron chi connectivity index (χ2n) is 3.45. The average Bonchev–Trinajstić information content (AvgIpc) is 2.63. The number of anilines is 1.